The van der Waals surface area contributed by atoms with E-state index in [0.717, 1.165) is 21.4 Å². The van der Waals surface area contributed by atoms with Crippen molar-refractivity contribution < 1.29 is 0 Å². The normalized spacial score (nSPS) is 10.6. The number of aromatic nitrogens is 3. The summed E-state index contributed by atoms with van der Waals surface area (Å²) in [5, 5.41) is 4.19. The van der Waals surface area contributed by atoms with Gasteiger partial charge in [-0.1, -0.05) is 0 Å². The largest absolute Gasteiger partial charge is 0.382 e. The van der Waals surface area contributed by atoms with E-state index in [2.05, 4.69) is 26.0 Å². The molecular weight excluding hydrogens is 256 g/mol. The fraction of sp³-hybridized carbons (Fsp3) is 0.200. The van der Waals surface area contributed by atoms with Gasteiger partial charge < -0.3 is 5.73 Å². The molecule has 78 valence electrons. The van der Waals surface area contributed by atoms with Crippen LogP contribution in [0.4, 0.5) is 5.82 Å². The van der Waals surface area contributed by atoms with Crippen LogP contribution in [0.2, 0.25) is 0 Å². The summed E-state index contributed by atoms with van der Waals surface area (Å²) in [5.41, 5.74) is 7.69. The summed E-state index contributed by atoms with van der Waals surface area (Å²) in [6, 6.07) is 2.00. The van der Waals surface area contributed by atoms with Crippen LogP contribution < -0.4 is 5.73 Å². The van der Waals surface area contributed by atoms with E-state index < -0.39 is 0 Å². The van der Waals surface area contributed by atoms with E-state index in [9.17, 15) is 0 Å². The Morgan fingerprint density at radius 1 is 1.33 bits per heavy atom. The molecule has 0 saturated heterocycles. The summed E-state index contributed by atoms with van der Waals surface area (Å²) in [6.45, 7) is 3.91. The molecule has 0 aliphatic heterocycles. The molecule has 2 rings (SSSR count). The van der Waals surface area contributed by atoms with Gasteiger partial charge in [0.15, 0.2) is 5.82 Å². The van der Waals surface area contributed by atoms with E-state index in [1.807, 2.05) is 26.1 Å². The van der Waals surface area contributed by atoms with Crippen molar-refractivity contribution in [2.75, 3.05) is 5.73 Å². The van der Waals surface area contributed by atoms with Gasteiger partial charge >= 0.3 is 0 Å². The third-order valence-corrected chi connectivity index (χ3v) is 2.60. The van der Waals surface area contributed by atoms with E-state index in [1.165, 1.54) is 0 Å². The second-order valence-electron chi connectivity index (χ2n) is 3.44. The molecule has 5 heteroatoms. The molecule has 2 N–H and O–H groups in total. The minimum absolute atomic E-state index is 0.541. The molecule has 0 amide bonds. The highest BCUT2D eigenvalue weighted by atomic mass is 79.9. The van der Waals surface area contributed by atoms with Crippen LogP contribution in [0.5, 0.6) is 0 Å². The van der Waals surface area contributed by atoms with E-state index in [4.69, 9.17) is 5.73 Å². The predicted molar refractivity (Wildman–Crippen MR) is 62.9 cm³/mol. The fourth-order valence-corrected chi connectivity index (χ4v) is 1.80. The average molecular weight is 267 g/mol. The van der Waals surface area contributed by atoms with Crippen molar-refractivity contribution in [3.8, 4) is 5.82 Å². The minimum atomic E-state index is 0.541. The SMILES string of the molecule is Cc1cn(-c2ncc(Br)cc2C)nc1N. The van der Waals surface area contributed by atoms with Gasteiger partial charge in [0.05, 0.1) is 0 Å². The number of rotatable bonds is 1. The summed E-state index contributed by atoms with van der Waals surface area (Å²) in [5.74, 6) is 1.34. The van der Waals surface area contributed by atoms with E-state index in [0.29, 0.717) is 5.82 Å². The van der Waals surface area contributed by atoms with Crippen molar-refractivity contribution >= 4 is 21.7 Å². The Bertz CT molecular complexity index is 485. The maximum atomic E-state index is 5.69. The summed E-state index contributed by atoms with van der Waals surface area (Å²) in [6.07, 6.45) is 3.62. The molecular formula is C10H11BrN4. The van der Waals surface area contributed by atoms with Crippen LogP contribution in [-0.2, 0) is 0 Å². The quantitative estimate of drug-likeness (QED) is 0.861. The number of pyridine rings is 1. The lowest BCUT2D eigenvalue weighted by atomic mass is 10.3. The Labute approximate surface area is 96.3 Å². The Hall–Kier alpha value is -1.36. The number of nitrogens with two attached hydrogens (primary N) is 1. The summed E-state index contributed by atoms with van der Waals surface area (Å²) < 4.78 is 2.66. The molecule has 0 aliphatic rings. The Morgan fingerprint density at radius 3 is 2.60 bits per heavy atom. The monoisotopic (exact) mass is 266 g/mol. The molecule has 0 aromatic carbocycles. The van der Waals surface area contributed by atoms with Gasteiger partial charge in [0.1, 0.15) is 5.82 Å². The zero-order chi connectivity index (χ0) is 11.0. The molecule has 2 aromatic heterocycles. The van der Waals surface area contributed by atoms with Crippen LogP contribution in [-0.4, -0.2) is 14.8 Å². The average Bonchev–Trinajstić information content (AvgIpc) is 2.46. The number of nitrogen functional groups attached to an aromatic ring is 1. The lowest BCUT2D eigenvalue weighted by molar-refractivity contribution is 0.841. The predicted octanol–water partition coefficient (Wildman–Crippen LogP) is 2.23. The molecule has 0 aliphatic carbocycles. The van der Waals surface area contributed by atoms with Crippen LogP contribution in [0.15, 0.2) is 22.9 Å². The standard InChI is InChI=1S/C10H11BrN4/c1-6-3-8(11)4-13-10(6)15-5-7(2)9(12)14-15/h3-5H,1-2H3,(H2,12,14). The molecule has 0 radical (unpaired) electrons. The van der Waals surface area contributed by atoms with Crippen LogP contribution in [0.3, 0.4) is 0 Å². The minimum Gasteiger partial charge on any atom is -0.382 e. The van der Waals surface area contributed by atoms with Gasteiger partial charge in [-0.25, -0.2) is 9.67 Å². The van der Waals surface area contributed by atoms with Gasteiger partial charge in [-0.15, -0.1) is 5.10 Å². The maximum absolute atomic E-state index is 5.69. The number of halogens is 1. The number of hydrogen-bond donors (Lipinski definition) is 1. The highest BCUT2D eigenvalue weighted by Crippen LogP contribution is 2.17. The van der Waals surface area contributed by atoms with Crippen LogP contribution >= 0.6 is 15.9 Å². The summed E-state index contributed by atoms with van der Waals surface area (Å²) in [7, 11) is 0. The third kappa shape index (κ3) is 1.87. The highest BCUT2D eigenvalue weighted by molar-refractivity contribution is 9.10. The summed E-state index contributed by atoms with van der Waals surface area (Å²) >= 11 is 3.37. The molecule has 0 bridgehead atoms. The topological polar surface area (TPSA) is 56.7 Å². The first-order chi connectivity index (χ1) is 7.08. The van der Waals surface area contributed by atoms with Gasteiger partial charge in [0.2, 0.25) is 0 Å². The van der Waals surface area contributed by atoms with E-state index in [-0.39, 0.29) is 0 Å². The number of aryl methyl sites for hydroxylation is 2. The van der Waals surface area contributed by atoms with Crippen LogP contribution in [0, 0.1) is 13.8 Å². The molecule has 15 heavy (non-hydrogen) atoms. The third-order valence-electron chi connectivity index (χ3n) is 2.17. The van der Waals surface area contributed by atoms with E-state index in [1.54, 1.807) is 10.9 Å². The van der Waals surface area contributed by atoms with Gasteiger partial charge in [-0.05, 0) is 41.4 Å². The van der Waals surface area contributed by atoms with Crippen molar-refractivity contribution in [1.82, 2.24) is 14.8 Å². The van der Waals surface area contributed by atoms with Crippen molar-refractivity contribution in [1.29, 1.82) is 0 Å². The Kier molecular flexibility index (Phi) is 2.48. The molecule has 0 saturated carbocycles. The smallest absolute Gasteiger partial charge is 0.156 e. The molecule has 4 nitrogen and oxygen atoms in total. The van der Waals surface area contributed by atoms with Gasteiger partial charge in [-0.3, -0.25) is 0 Å². The molecule has 2 heterocycles. The summed E-state index contributed by atoms with van der Waals surface area (Å²) in [4.78, 5) is 4.30. The lowest BCUT2D eigenvalue weighted by Crippen LogP contribution is -2.01. The van der Waals surface area contributed by atoms with E-state index >= 15 is 0 Å². The molecule has 0 atom stereocenters. The lowest BCUT2D eigenvalue weighted by Gasteiger charge is -2.04. The molecule has 0 spiro atoms. The van der Waals surface area contributed by atoms with Crippen LogP contribution in [0.1, 0.15) is 11.1 Å². The first-order valence-electron chi connectivity index (χ1n) is 4.52. The van der Waals surface area contributed by atoms with Crippen molar-refractivity contribution in [2.24, 2.45) is 0 Å². The van der Waals surface area contributed by atoms with Gasteiger partial charge in [-0.2, -0.15) is 0 Å². The highest BCUT2D eigenvalue weighted by Gasteiger charge is 2.07. The second-order valence-corrected chi connectivity index (χ2v) is 4.35. The Balaban J connectivity index is 2.54. The fourth-order valence-electron chi connectivity index (χ4n) is 1.35. The van der Waals surface area contributed by atoms with Gasteiger partial charge in [0.25, 0.3) is 0 Å². The second kappa shape index (κ2) is 3.66. The van der Waals surface area contributed by atoms with Crippen molar-refractivity contribution in [2.45, 2.75) is 13.8 Å². The molecule has 2 aromatic rings. The first kappa shape index (κ1) is 10.2. The zero-order valence-corrected chi connectivity index (χ0v) is 10.1. The molecule has 0 fully saturated rings. The Morgan fingerprint density at radius 2 is 2.07 bits per heavy atom. The maximum Gasteiger partial charge on any atom is 0.156 e. The van der Waals surface area contributed by atoms with Crippen molar-refractivity contribution in [3.63, 3.8) is 0 Å². The first-order valence-corrected chi connectivity index (χ1v) is 5.31. The number of nitrogens with zero attached hydrogens (tertiary/aromatic N) is 3. The zero-order valence-electron chi connectivity index (χ0n) is 8.53. The van der Waals surface area contributed by atoms with Crippen molar-refractivity contribution in [3.05, 3.63) is 34.1 Å². The number of hydrogen-bond acceptors (Lipinski definition) is 3. The number of anilines is 1. The molecule has 0 unspecified atom stereocenters. The van der Waals surface area contributed by atoms with Crippen LogP contribution in [0.25, 0.3) is 5.82 Å². The van der Waals surface area contributed by atoms with Gasteiger partial charge in [0, 0.05) is 22.4 Å².